The zero-order valence-electron chi connectivity index (χ0n) is 12.1. The first-order valence-corrected chi connectivity index (χ1v) is 7.99. The molecule has 0 aliphatic carbocycles. The van der Waals surface area contributed by atoms with Crippen molar-refractivity contribution < 1.29 is 5.11 Å². The van der Waals surface area contributed by atoms with Crippen LogP contribution in [0.3, 0.4) is 0 Å². The molecule has 0 amide bonds. The van der Waals surface area contributed by atoms with E-state index in [9.17, 15) is 5.11 Å². The van der Waals surface area contributed by atoms with Crippen LogP contribution in [0.15, 0.2) is 66.7 Å². The van der Waals surface area contributed by atoms with Crippen LogP contribution in [0.5, 0.6) is 5.75 Å². The van der Waals surface area contributed by atoms with Crippen LogP contribution in [0.25, 0.3) is 32.7 Å². The molecule has 23 heavy (non-hydrogen) atoms. The molecule has 4 rings (SSSR count). The first-order valence-electron chi connectivity index (χ1n) is 7.23. The molecule has 0 aliphatic heterocycles. The molecular formula is C20H12Cl2O. The summed E-state index contributed by atoms with van der Waals surface area (Å²) in [5, 5.41) is 15.9. The van der Waals surface area contributed by atoms with Crippen molar-refractivity contribution in [3.05, 3.63) is 76.8 Å². The summed E-state index contributed by atoms with van der Waals surface area (Å²) in [7, 11) is 0. The van der Waals surface area contributed by atoms with Crippen molar-refractivity contribution >= 4 is 44.7 Å². The maximum atomic E-state index is 10.3. The van der Waals surface area contributed by atoms with Crippen LogP contribution in [-0.4, -0.2) is 5.11 Å². The third-order valence-corrected chi connectivity index (χ3v) is 4.54. The molecule has 0 spiro atoms. The summed E-state index contributed by atoms with van der Waals surface area (Å²) in [6.07, 6.45) is 0. The summed E-state index contributed by atoms with van der Waals surface area (Å²) in [5.41, 5.74) is 1.74. The van der Waals surface area contributed by atoms with Gasteiger partial charge in [-0.2, -0.15) is 0 Å². The first kappa shape index (κ1) is 14.4. The van der Waals surface area contributed by atoms with E-state index in [2.05, 4.69) is 18.2 Å². The Hall–Kier alpha value is -2.22. The average molecular weight is 339 g/mol. The number of halogens is 2. The number of phenols is 1. The molecule has 1 N–H and O–H groups in total. The van der Waals surface area contributed by atoms with Crippen molar-refractivity contribution in [2.24, 2.45) is 0 Å². The fourth-order valence-electron chi connectivity index (χ4n) is 3.03. The van der Waals surface area contributed by atoms with E-state index in [1.165, 1.54) is 0 Å². The van der Waals surface area contributed by atoms with Crippen LogP contribution >= 0.6 is 23.2 Å². The van der Waals surface area contributed by atoms with E-state index in [1.54, 1.807) is 12.1 Å². The van der Waals surface area contributed by atoms with Gasteiger partial charge in [0.15, 0.2) is 0 Å². The van der Waals surface area contributed by atoms with Crippen LogP contribution in [0.4, 0.5) is 0 Å². The van der Waals surface area contributed by atoms with E-state index in [4.69, 9.17) is 23.2 Å². The van der Waals surface area contributed by atoms with Gasteiger partial charge < -0.3 is 5.11 Å². The molecular weight excluding hydrogens is 327 g/mol. The second-order valence-electron chi connectivity index (χ2n) is 5.50. The van der Waals surface area contributed by atoms with E-state index >= 15 is 0 Å². The Balaban J connectivity index is 2.15. The lowest BCUT2D eigenvalue weighted by atomic mass is 9.93. The molecule has 112 valence electrons. The van der Waals surface area contributed by atoms with Gasteiger partial charge in [-0.25, -0.2) is 0 Å². The fraction of sp³-hybridized carbons (Fsp3) is 0. The molecule has 0 fully saturated rings. The summed E-state index contributed by atoms with van der Waals surface area (Å²) in [6.45, 7) is 0. The number of phenolic OH excluding ortho intramolecular Hbond substituents is 1. The summed E-state index contributed by atoms with van der Waals surface area (Å²) < 4.78 is 0. The molecule has 4 aromatic rings. The lowest BCUT2D eigenvalue weighted by molar-refractivity contribution is 0.477. The minimum absolute atomic E-state index is 0.177. The smallest absolute Gasteiger partial charge is 0.124 e. The van der Waals surface area contributed by atoms with Gasteiger partial charge in [0, 0.05) is 15.6 Å². The van der Waals surface area contributed by atoms with Gasteiger partial charge in [-0.1, -0.05) is 53.5 Å². The van der Waals surface area contributed by atoms with Crippen molar-refractivity contribution in [3.63, 3.8) is 0 Å². The quantitative estimate of drug-likeness (QED) is 0.384. The molecule has 0 unspecified atom stereocenters. The van der Waals surface area contributed by atoms with Crippen LogP contribution < -0.4 is 0 Å². The van der Waals surface area contributed by atoms with Gasteiger partial charge in [-0.3, -0.25) is 0 Å². The van der Waals surface area contributed by atoms with Crippen LogP contribution in [0.1, 0.15) is 0 Å². The van der Waals surface area contributed by atoms with Crippen molar-refractivity contribution in [2.75, 3.05) is 0 Å². The summed E-state index contributed by atoms with van der Waals surface area (Å²) in [6, 6.07) is 21.3. The van der Waals surface area contributed by atoms with Crippen molar-refractivity contribution in [1.82, 2.24) is 0 Å². The Bertz CT molecular complexity index is 1050. The van der Waals surface area contributed by atoms with Crippen LogP contribution in [0, 0.1) is 0 Å². The number of fused-ring (bicyclic) bond motifs is 3. The second-order valence-corrected chi connectivity index (χ2v) is 6.37. The monoisotopic (exact) mass is 338 g/mol. The van der Waals surface area contributed by atoms with E-state index in [0.29, 0.717) is 10.0 Å². The highest BCUT2D eigenvalue weighted by Crippen LogP contribution is 2.39. The Morgan fingerprint density at radius 1 is 0.609 bits per heavy atom. The Labute approximate surface area is 143 Å². The van der Waals surface area contributed by atoms with Gasteiger partial charge in [0.05, 0.1) is 0 Å². The highest BCUT2D eigenvalue weighted by Gasteiger charge is 2.12. The summed E-state index contributed by atoms with van der Waals surface area (Å²) in [4.78, 5) is 0. The first-order chi connectivity index (χ1) is 11.1. The zero-order valence-corrected chi connectivity index (χ0v) is 13.6. The van der Waals surface area contributed by atoms with Gasteiger partial charge in [-0.15, -0.1) is 0 Å². The molecule has 0 radical (unpaired) electrons. The van der Waals surface area contributed by atoms with Gasteiger partial charge in [0.1, 0.15) is 5.75 Å². The number of rotatable bonds is 1. The lowest BCUT2D eigenvalue weighted by Crippen LogP contribution is -1.85. The summed E-state index contributed by atoms with van der Waals surface area (Å²) >= 11 is 12.1. The molecule has 0 aliphatic rings. The lowest BCUT2D eigenvalue weighted by Gasteiger charge is -2.12. The van der Waals surface area contributed by atoms with E-state index in [0.717, 1.165) is 32.7 Å². The third-order valence-electron chi connectivity index (χ3n) is 4.07. The van der Waals surface area contributed by atoms with Gasteiger partial charge in [-0.05, 0) is 63.5 Å². The topological polar surface area (TPSA) is 20.2 Å². The highest BCUT2D eigenvalue weighted by molar-refractivity contribution is 6.32. The van der Waals surface area contributed by atoms with E-state index < -0.39 is 0 Å². The number of hydrogen-bond acceptors (Lipinski definition) is 1. The maximum Gasteiger partial charge on any atom is 0.124 e. The predicted octanol–water partition coefficient (Wildman–Crippen LogP) is 6.67. The average Bonchev–Trinajstić information content (AvgIpc) is 2.55. The SMILES string of the molecule is Oc1cc(Cl)ccc1-c1cc2ccc(Cl)cc2c2ccccc12. The second kappa shape index (κ2) is 5.45. The molecule has 1 nitrogen and oxygen atoms in total. The fourth-order valence-corrected chi connectivity index (χ4v) is 3.37. The minimum atomic E-state index is 0.177. The van der Waals surface area contributed by atoms with Gasteiger partial charge in [0.25, 0.3) is 0 Å². The molecule has 0 bridgehead atoms. The Kier molecular flexibility index (Phi) is 3.41. The predicted molar refractivity (Wildman–Crippen MR) is 98.6 cm³/mol. The number of hydrogen-bond donors (Lipinski definition) is 1. The summed E-state index contributed by atoms with van der Waals surface area (Å²) in [5.74, 6) is 0.177. The molecule has 4 aromatic carbocycles. The van der Waals surface area contributed by atoms with Crippen molar-refractivity contribution in [3.8, 4) is 16.9 Å². The molecule has 0 heterocycles. The molecule has 3 heteroatoms. The third kappa shape index (κ3) is 2.42. The van der Waals surface area contributed by atoms with E-state index in [1.807, 2.05) is 36.4 Å². The van der Waals surface area contributed by atoms with Crippen LogP contribution in [-0.2, 0) is 0 Å². The number of aromatic hydroxyl groups is 1. The normalized spacial score (nSPS) is 11.2. The minimum Gasteiger partial charge on any atom is -0.507 e. The molecule has 0 aromatic heterocycles. The zero-order chi connectivity index (χ0) is 16.0. The van der Waals surface area contributed by atoms with E-state index in [-0.39, 0.29) is 5.75 Å². The Morgan fingerprint density at radius 3 is 2.09 bits per heavy atom. The van der Waals surface area contributed by atoms with Crippen molar-refractivity contribution in [1.29, 1.82) is 0 Å². The largest absolute Gasteiger partial charge is 0.507 e. The standard InChI is InChI=1S/C20H12Cl2O/c21-13-6-5-12-9-19(17-8-7-14(22)11-20(17)23)16-4-2-1-3-15(16)18(12)10-13/h1-11,23H. The maximum absolute atomic E-state index is 10.3. The van der Waals surface area contributed by atoms with Gasteiger partial charge in [0.2, 0.25) is 0 Å². The van der Waals surface area contributed by atoms with Crippen LogP contribution in [0.2, 0.25) is 10.0 Å². The molecule has 0 saturated heterocycles. The number of benzene rings is 4. The molecule has 0 atom stereocenters. The Morgan fingerprint density at radius 2 is 1.30 bits per heavy atom. The van der Waals surface area contributed by atoms with Gasteiger partial charge >= 0.3 is 0 Å². The van der Waals surface area contributed by atoms with Crippen molar-refractivity contribution in [2.45, 2.75) is 0 Å². The molecule has 0 saturated carbocycles. The highest BCUT2D eigenvalue weighted by atomic mass is 35.5.